The lowest BCUT2D eigenvalue weighted by atomic mass is 10.1. The average Bonchev–Trinajstić information content (AvgIpc) is 2.58. The minimum absolute atomic E-state index is 0.332. The molecule has 2 fully saturated rings. The molecule has 2 rings (SSSR count). The van der Waals surface area contributed by atoms with Gasteiger partial charge < -0.3 is 4.74 Å². The molecule has 0 bridgehead atoms. The van der Waals surface area contributed by atoms with E-state index in [1.165, 1.54) is 19.5 Å². The van der Waals surface area contributed by atoms with Crippen LogP contribution in [0.5, 0.6) is 0 Å². The van der Waals surface area contributed by atoms with Gasteiger partial charge in [-0.05, 0) is 34.1 Å². The standard InChI is InChI=1S/C13H26N2O/c1-5-16-12-9-14(10-12)11-6-7-15(8-11)13(2,3)4/h11-12H,5-10H2,1-4H3/t11-/m1/s1. The maximum absolute atomic E-state index is 5.61. The zero-order valence-corrected chi connectivity index (χ0v) is 11.2. The van der Waals surface area contributed by atoms with Gasteiger partial charge in [-0.25, -0.2) is 0 Å². The molecular formula is C13H26N2O. The summed E-state index contributed by atoms with van der Waals surface area (Å²) in [7, 11) is 0. The molecule has 3 nitrogen and oxygen atoms in total. The van der Waals surface area contributed by atoms with Gasteiger partial charge in [-0.15, -0.1) is 0 Å². The van der Waals surface area contributed by atoms with Gasteiger partial charge in [0.15, 0.2) is 0 Å². The first-order valence-electron chi connectivity index (χ1n) is 6.61. The molecule has 2 heterocycles. The molecule has 16 heavy (non-hydrogen) atoms. The molecule has 2 aliphatic rings. The summed E-state index contributed by atoms with van der Waals surface area (Å²) in [6.45, 7) is 14.7. The number of rotatable bonds is 3. The van der Waals surface area contributed by atoms with Crippen LogP contribution in [-0.2, 0) is 4.74 Å². The highest BCUT2D eigenvalue weighted by Gasteiger charge is 2.38. The van der Waals surface area contributed by atoms with E-state index in [4.69, 9.17) is 4.74 Å². The Hall–Kier alpha value is -0.120. The Kier molecular flexibility index (Phi) is 3.57. The van der Waals surface area contributed by atoms with Crippen molar-refractivity contribution in [3.63, 3.8) is 0 Å². The second-order valence-electron chi connectivity index (χ2n) is 6.09. The zero-order chi connectivity index (χ0) is 11.8. The monoisotopic (exact) mass is 226 g/mol. The van der Waals surface area contributed by atoms with Crippen LogP contribution in [0.1, 0.15) is 34.1 Å². The molecule has 0 aliphatic carbocycles. The third-order valence-electron chi connectivity index (χ3n) is 3.91. The fraction of sp³-hybridized carbons (Fsp3) is 1.00. The van der Waals surface area contributed by atoms with Gasteiger partial charge in [0.05, 0.1) is 6.10 Å². The molecule has 94 valence electrons. The van der Waals surface area contributed by atoms with Crippen molar-refractivity contribution in [2.45, 2.75) is 51.8 Å². The van der Waals surface area contributed by atoms with Crippen molar-refractivity contribution in [1.29, 1.82) is 0 Å². The molecule has 0 N–H and O–H groups in total. The van der Waals surface area contributed by atoms with Crippen molar-refractivity contribution in [2.24, 2.45) is 0 Å². The molecule has 0 spiro atoms. The summed E-state index contributed by atoms with van der Waals surface area (Å²) < 4.78 is 5.61. The molecule has 0 radical (unpaired) electrons. The number of hydrogen-bond donors (Lipinski definition) is 0. The second-order valence-corrected chi connectivity index (χ2v) is 6.09. The van der Waals surface area contributed by atoms with Crippen LogP contribution in [0.25, 0.3) is 0 Å². The number of nitrogens with zero attached hydrogens (tertiary/aromatic N) is 2. The number of hydrogen-bond acceptors (Lipinski definition) is 3. The van der Waals surface area contributed by atoms with E-state index in [-0.39, 0.29) is 0 Å². The Morgan fingerprint density at radius 1 is 1.19 bits per heavy atom. The van der Waals surface area contributed by atoms with Crippen molar-refractivity contribution in [3.8, 4) is 0 Å². The highest BCUT2D eigenvalue weighted by atomic mass is 16.5. The largest absolute Gasteiger partial charge is 0.376 e. The van der Waals surface area contributed by atoms with Crippen LogP contribution in [0, 0.1) is 0 Å². The maximum atomic E-state index is 5.61. The molecule has 0 saturated carbocycles. The lowest BCUT2D eigenvalue weighted by Crippen LogP contribution is -2.57. The summed E-state index contributed by atoms with van der Waals surface area (Å²) in [6, 6.07) is 0.774. The summed E-state index contributed by atoms with van der Waals surface area (Å²) >= 11 is 0. The summed E-state index contributed by atoms with van der Waals surface area (Å²) in [5.74, 6) is 0. The summed E-state index contributed by atoms with van der Waals surface area (Å²) in [4.78, 5) is 5.19. The van der Waals surface area contributed by atoms with Gasteiger partial charge in [0.2, 0.25) is 0 Å². The van der Waals surface area contributed by atoms with Crippen LogP contribution in [0.15, 0.2) is 0 Å². The summed E-state index contributed by atoms with van der Waals surface area (Å²) in [6.07, 6.45) is 1.84. The zero-order valence-electron chi connectivity index (χ0n) is 11.2. The lowest BCUT2D eigenvalue weighted by molar-refractivity contribution is -0.0668. The Morgan fingerprint density at radius 3 is 2.38 bits per heavy atom. The van der Waals surface area contributed by atoms with E-state index in [0.29, 0.717) is 11.6 Å². The third-order valence-corrected chi connectivity index (χ3v) is 3.91. The van der Waals surface area contributed by atoms with Crippen molar-refractivity contribution in [1.82, 2.24) is 9.80 Å². The van der Waals surface area contributed by atoms with Gasteiger partial charge in [0.25, 0.3) is 0 Å². The van der Waals surface area contributed by atoms with Crippen LogP contribution in [0.2, 0.25) is 0 Å². The quantitative estimate of drug-likeness (QED) is 0.726. The lowest BCUT2D eigenvalue weighted by Gasteiger charge is -2.43. The van der Waals surface area contributed by atoms with Crippen LogP contribution in [0.4, 0.5) is 0 Å². The Balaban J connectivity index is 1.74. The van der Waals surface area contributed by atoms with E-state index in [9.17, 15) is 0 Å². The molecule has 0 amide bonds. The normalized spacial score (nSPS) is 29.6. The van der Waals surface area contributed by atoms with Gasteiger partial charge in [0, 0.05) is 44.4 Å². The van der Waals surface area contributed by atoms with E-state index in [2.05, 4.69) is 37.5 Å². The van der Waals surface area contributed by atoms with Gasteiger partial charge in [-0.2, -0.15) is 0 Å². The van der Waals surface area contributed by atoms with Crippen LogP contribution in [0.3, 0.4) is 0 Å². The first kappa shape index (κ1) is 12.3. The van der Waals surface area contributed by atoms with E-state index in [1.54, 1.807) is 0 Å². The van der Waals surface area contributed by atoms with Gasteiger partial charge in [0.1, 0.15) is 0 Å². The number of likely N-dealkylation sites (tertiary alicyclic amines) is 2. The van der Waals surface area contributed by atoms with Crippen molar-refractivity contribution >= 4 is 0 Å². The SMILES string of the molecule is CCOC1CN([C@@H]2CCN(C(C)(C)C)C2)C1. The first-order valence-corrected chi connectivity index (χ1v) is 6.61. The first-order chi connectivity index (χ1) is 7.50. The molecular weight excluding hydrogens is 200 g/mol. The fourth-order valence-corrected chi connectivity index (χ4v) is 2.76. The summed E-state index contributed by atoms with van der Waals surface area (Å²) in [5.41, 5.74) is 0.332. The second kappa shape index (κ2) is 4.63. The van der Waals surface area contributed by atoms with Crippen molar-refractivity contribution in [3.05, 3.63) is 0 Å². The van der Waals surface area contributed by atoms with E-state index < -0.39 is 0 Å². The molecule has 2 aliphatic heterocycles. The predicted molar refractivity (Wildman–Crippen MR) is 66.7 cm³/mol. The number of ether oxygens (including phenoxy) is 1. The minimum atomic E-state index is 0.332. The average molecular weight is 226 g/mol. The molecule has 2 saturated heterocycles. The highest BCUT2D eigenvalue weighted by Crippen LogP contribution is 2.26. The van der Waals surface area contributed by atoms with Gasteiger partial charge >= 0.3 is 0 Å². The summed E-state index contributed by atoms with van der Waals surface area (Å²) in [5, 5.41) is 0. The maximum Gasteiger partial charge on any atom is 0.0828 e. The smallest absolute Gasteiger partial charge is 0.0828 e. The molecule has 1 atom stereocenters. The van der Waals surface area contributed by atoms with Crippen molar-refractivity contribution in [2.75, 3.05) is 32.8 Å². The van der Waals surface area contributed by atoms with Crippen LogP contribution in [-0.4, -0.2) is 60.3 Å². The molecule has 0 aromatic carbocycles. The Labute approximate surface area is 99.7 Å². The molecule has 0 unspecified atom stereocenters. The highest BCUT2D eigenvalue weighted by molar-refractivity contribution is 4.94. The minimum Gasteiger partial charge on any atom is -0.376 e. The van der Waals surface area contributed by atoms with E-state index in [0.717, 1.165) is 25.7 Å². The van der Waals surface area contributed by atoms with E-state index >= 15 is 0 Å². The molecule has 0 aromatic rings. The van der Waals surface area contributed by atoms with Crippen LogP contribution < -0.4 is 0 Å². The fourth-order valence-electron chi connectivity index (χ4n) is 2.76. The topological polar surface area (TPSA) is 15.7 Å². The van der Waals surface area contributed by atoms with Gasteiger partial charge in [-0.3, -0.25) is 9.80 Å². The predicted octanol–water partition coefficient (Wildman–Crippen LogP) is 1.58. The van der Waals surface area contributed by atoms with E-state index in [1.807, 2.05) is 0 Å². The van der Waals surface area contributed by atoms with Gasteiger partial charge in [-0.1, -0.05) is 0 Å². The van der Waals surface area contributed by atoms with Crippen LogP contribution >= 0.6 is 0 Å². The molecule has 0 aromatic heterocycles. The third kappa shape index (κ3) is 2.58. The Bertz CT molecular complexity index is 231. The Morgan fingerprint density at radius 2 is 1.88 bits per heavy atom. The van der Waals surface area contributed by atoms with Crippen molar-refractivity contribution < 1.29 is 4.74 Å². The molecule has 3 heteroatoms.